The molecule has 0 amide bonds. The van der Waals surface area contributed by atoms with Crippen LogP contribution in [0.1, 0.15) is 29.8 Å². The van der Waals surface area contributed by atoms with Crippen molar-refractivity contribution < 1.29 is 14.6 Å². The third kappa shape index (κ3) is 2.25. The fourth-order valence-corrected chi connectivity index (χ4v) is 1.33. The minimum absolute atomic E-state index is 0.357. The monoisotopic (exact) mass is 194 g/mol. The molecular formula is C11H14O3. The van der Waals surface area contributed by atoms with E-state index in [9.17, 15) is 4.79 Å². The Kier molecular flexibility index (Phi) is 3.51. The van der Waals surface area contributed by atoms with Crippen LogP contribution in [-0.2, 0) is 6.42 Å². The molecule has 0 bridgehead atoms. The highest BCUT2D eigenvalue weighted by Crippen LogP contribution is 2.18. The molecule has 1 N–H and O–H groups in total. The highest BCUT2D eigenvalue weighted by atomic mass is 16.5. The Labute approximate surface area is 83.3 Å². The van der Waals surface area contributed by atoms with E-state index in [1.54, 1.807) is 18.2 Å². The van der Waals surface area contributed by atoms with E-state index < -0.39 is 5.97 Å². The molecule has 0 saturated carbocycles. The largest absolute Gasteiger partial charge is 0.494 e. The predicted molar refractivity (Wildman–Crippen MR) is 53.9 cm³/mol. The van der Waals surface area contributed by atoms with Crippen LogP contribution in [0, 0.1) is 0 Å². The minimum atomic E-state index is -0.884. The summed E-state index contributed by atoms with van der Waals surface area (Å²) in [6.07, 6.45) is 0.697. The molecule has 0 aliphatic rings. The number of benzene rings is 1. The lowest BCUT2D eigenvalue weighted by Gasteiger charge is -2.07. The minimum Gasteiger partial charge on any atom is -0.494 e. The molecule has 0 atom stereocenters. The van der Waals surface area contributed by atoms with Gasteiger partial charge >= 0.3 is 5.97 Å². The van der Waals surface area contributed by atoms with Gasteiger partial charge in [-0.25, -0.2) is 4.79 Å². The van der Waals surface area contributed by atoms with Gasteiger partial charge in [-0.3, -0.25) is 0 Å². The van der Waals surface area contributed by atoms with Crippen molar-refractivity contribution in [2.75, 3.05) is 6.61 Å². The molecule has 1 aromatic rings. The lowest BCUT2D eigenvalue weighted by Crippen LogP contribution is -2.02. The topological polar surface area (TPSA) is 46.5 Å². The predicted octanol–water partition coefficient (Wildman–Crippen LogP) is 2.35. The number of aryl methyl sites for hydroxylation is 1. The van der Waals surface area contributed by atoms with Crippen molar-refractivity contribution in [2.24, 2.45) is 0 Å². The Balaban J connectivity index is 3.05. The van der Waals surface area contributed by atoms with Crippen molar-refractivity contribution in [3.8, 4) is 5.75 Å². The zero-order valence-corrected chi connectivity index (χ0v) is 8.41. The van der Waals surface area contributed by atoms with Gasteiger partial charge in [-0.1, -0.05) is 6.92 Å². The van der Waals surface area contributed by atoms with Crippen LogP contribution in [0.3, 0.4) is 0 Å². The standard InChI is InChI=1S/C11H14O3/c1-3-8-7-9(14-4-2)5-6-10(8)11(12)13/h5-7H,3-4H2,1-2H3,(H,12,13). The maximum atomic E-state index is 10.8. The Morgan fingerprint density at radius 3 is 2.64 bits per heavy atom. The maximum absolute atomic E-state index is 10.8. The zero-order valence-electron chi connectivity index (χ0n) is 8.41. The van der Waals surface area contributed by atoms with Crippen LogP contribution < -0.4 is 4.74 Å². The average molecular weight is 194 g/mol. The van der Waals surface area contributed by atoms with Gasteiger partial charge in [-0.2, -0.15) is 0 Å². The highest BCUT2D eigenvalue weighted by molar-refractivity contribution is 5.89. The summed E-state index contributed by atoms with van der Waals surface area (Å²) in [6.45, 7) is 4.42. The van der Waals surface area contributed by atoms with Crippen molar-refractivity contribution in [1.29, 1.82) is 0 Å². The van der Waals surface area contributed by atoms with Crippen LogP contribution in [0.2, 0.25) is 0 Å². The molecule has 0 saturated heterocycles. The van der Waals surface area contributed by atoms with E-state index in [2.05, 4.69) is 0 Å². The van der Waals surface area contributed by atoms with Gasteiger partial charge in [-0.05, 0) is 37.1 Å². The number of carbonyl (C=O) groups is 1. The number of rotatable bonds is 4. The van der Waals surface area contributed by atoms with Gasteiger partial charge in [0, 0.05) is 0 Å². The summed E-state index contributed by atoms with van der Waals surface area (Å²) in [7, 11) is 0. The summed E-state index contributed by atoms with van der Waals surface area (Å²) in [5.74, 6) is -0.153. The third-order valence-electron chi connectivity index (χ3n) is 2.00. The van der Waals surface area contributed by atoms with Crippen LogP contribution in [0.25, 0.3) is 0 Å². The zero-order chi connectivity index (χ0) is 10.6. The molecule has 3 heteroatoms. The molecule has 0 radical (unpaired) electrons. The first-order chi connectivity index (χ1) is 6.69. The Bertz CT molecular complexity index is 331. The smallest absolute Gasteiger partial charge is 0.335 e. The Morgan fingerprint density at radius 2 is 2.14 bits per heavy atom. The maximum Gasteiger partial charge on any atom is 0.335 e. The second kappa shape index (κ2) is 4.65. The first-order valence-corrected chi connectivity index (χ1v) is 4.68. The molecule has 14 heavy (non-hydrogen) atoms. The SMILES string of the molecule is CCOc1ccc(C(=O)O)c(CC)c1. The summed E-state index contributed by atoms with van der Waals surface area (Å²) in [5.41, 5.74) is 1.17. The van der Waals surface area contributed by atoms with Gasteiger partial charge < -0.3 is 9.84 Å². The molecule has 0 aromatic heterocycles. The van der Waals surface area contributed by atoms with Crippen molar-refractivity contribution in [1.82, 2.24) is 0 Å². The molecule has 0 spiro atoms. The van der Waals surface area contributed by atoms with Crippen LogP contribution in [0.4, 0.5) is 0 Å². The Hall–Kier alpha value is -1.51. The van der Waals surface area contributed by atoms with Gasteiger partial charge in [0.15, 0.2) is 0 Å². The third-order valence-corrected chi connectivity index (χ3v) is 2.00. The molecule has 0 heterocycles. The number of carboxylic acid groups (broad SMARTS) is 1. The van der Waals surface area contributed by atoms with Gasteiger partial charge in [0.1, 0.15) is 5.75 Å². The Morgan fingerprint density at radius 1 is 1.43 bits per heavy atom. The van der Waals surface area contributed by atoms with Crippen molar-refractivity contribution in [3.05, 3.63) is 29.3 Å². The lowest BCUT2D eigenvalue weighted by atomic mass is 10.1. The molecule has 0 aliphatic heterocycles. The first-order valence-electron chi connectivity index (χ1n) is 4.68. The van der Waals surface area contributed by atoms with E-state index in [0.717, 1.165) is 11.3 Å². The molecular weight excluding hydrogens is 180 g/mol. The molecule has 1 rings (SSSR count). The van der Waals surface area contributed by atoms with Gasteiger partial charge in [-0.15, -0.1) is 0 Å². The number of hydrogen-bond acceptors (Lipinski definition) is 2. The van der Waals surface area contributed by atoms with E-state index in [1.807, 2.05) is 13.8 Å². The number of aromatic carboxylic acids is 1. The highest BCUT2D eigenvalue weighted by Gasteiger charge is 2.09. The van der Waals surface area contributed by atoms with Gasteiger partial charge in [0.05, 0.1) is 12.2 Å². The summed E-state index contributed by atoms with van der Waals surface area (Å²) in [6, 6.07) is 5.06. The molecule has 3 nitrogen and oxygen atoms in total. The summed E-state index contributed by atoms with van der Waals surface area (Å²) >= 11 is 0. The summed E-state index contributed by atoms with van der Waals surface area (Å²) in [4.78, 5) is 10.8. The fourth-order valence-electron chi connectivity index (χ4n) is 1.33. The fraction of sp³-hybridized carbons (Fsp3) is 0.364. The van der Waals surface area contributed by atoms with E-state index in [1.165, 1.54) is 0 Å². The average Bonchev–Trinajstić information content (AvgIpc) is 2.17. The molecule has 0 unspecified atom stereocenters. The normalized spacial score (nSPS) is 9.86. The lowest BCUT2D eigenvalue weighted by molar-refractivity contribution is 0.0695. The molecule has 76 valence electrons. The number of hydrogen-bond donors (Lipinski definition) is 1. The quantitative estimate of drug-likeness (QED) is 0.800. The molecule has 1 aromatic carbocycles. The van der Waals surface area contributed by atoms with E-state index in [4.69, 9.17) is 9.84 Å². The van der Waals surface area contributed by atoms with E-state index >= 15 is 0 Å². The van der Waals surface area contributed by atoms with E-state index in [0.29, 0.717) is 18.6 Å². The first kappa shape index (κ1) is 10.6. The second-order valence-corrected chi connectivity index (χ2v) is 2.91. The molecule has 0 aliphatic carbocycles. The van der Waals surface area contributed by atoms with Crippen molar-refractivity contribution >= 4 is 5.97 Å². The molecule has 0 fully saturated rings. The summed E-state index contributed by atoms with van der Waals surface area (Å²) < 4.78 is 5.29. The number of ether oxygens (including phenoxy) is 1. The van der Waals surface area contributed by atoms with Crippen LogP contribution in [0.15, 0.2) is 18.2 Å². The van der Waals surface area contributed by atoms with Crippen LogP contribution in [0.5, 0.6) is 5.75 Å². The number of carboxylic acids is 1. The van der Waals surface area contributed by atoms with Gasteiger partial charge in [0.2, 0.25) is 0 Å². The van der Waals surface area contributed by atoms with Crippen molar-refractivity contribution in [2.45, 2.75) is 20.3 Å². The summed E-state index contributed by atoms with van der Waals surface area (Å²) in [5, 5.41) is 8.88. The van der Waals surface area contributed by atoms with Gasteiger partial charge in [0.25, 0.3) is 0 Å². The van der Waals surface area contributed by atoms with Crippen molar-refractivity contribution in [3.63, 3.8) is 0 Å². The van der Waals surface area contributed by atoms with Crippen LogP contribution in [-0.4, -0.2) is 17.7 Å². The van der Waals surface area contributed by atoms with Crippen LogP contribution >= 0.6 is 0 Å². The second-order valence-electron chi connectivity index (χ2n) is 2.91. The van der Waals surface area contributed by atoms with E-state index in [-0.39, 0.29) is 0 Å².